The van der Waals surface area contributed by atoms with E-state index in [-0.39, 0.29) is 22.4 Å². The molecule has 0 aliphatic heterocycles. The molecule has 2 aromatic carbocycles. The van der Waals surface area contributed by atoms with Crippen molar-refractivity contribution in [3.8, 4) is 0 Å². The Kier molecular flexibility index (Phi) is 6.82. The van der Waals surface area contributed by atoms with Crippen LogP contribution in [-0.4, -0.2) is 39.9 Å². The van der Waals surface area contributed by atoms with Crippen molar-refractivity contribution in [2.45, 2.75) is 24.8 Å². The van der Waals surface area contributed by atoms with Crippen molar-refractivity contribution in [1.82, 2.24) is 10.2 Å². The number of nitrogens with one attached hydrogen (secondary N) is 2. The third-order valence-corrected chi connectivity index (χ3v) is 6.52. The minimum absolute atomic E-state index is 0.0657. The lowest BCUT2D eigenvalue weighted by molar-refractivity contribution is 0.0939. The maximum atomic E-state index is 12.9. The van der Waals surface area contributed by atoms with Crippen molar-refractivity contribution >= 4 is 21.6 Å². The fraction of sp³-hybridized carbons (Fsp3) is 0.261. The first kappa shape index (κ1) is 22.6. The average Bonchev–Trinajstić information content (AvgIpc) is 3.24. The van der Waals surface area contributed by atoms with E-state index in [2.05, 4.69) is 10.0 Å². The molecule has 0 saturated heterocycles. The summed E-state index contributed by atoms with van der Waals surface area (Å²) in [5.41, 5.74) is 2.32. The number of benzene rings is 2. The molecular formula is C23H27N3O4S. The van der Waals surface area contributed by atoms with E-state index in [1.165, 1.54) is 6.07 Å². The fourth-order valence-corrected chi connectivity index (χ4v) is 4.50. The van der Waals surface area contributed by atoms with Gasteiger partial charge >= 0.3 is 0 Å². The predicted molar refractivity (Wildman–Crippen MR) is 121 cm³/mol. The largest absolute Gasteiger partial charge is 0.468 e. The minimum atomic E-state index is -3.85. The van der Waals surface area contributed by atoms with Crippen LogP contribution in [0.4, 0.5) is 5.69 Å². The van der Waals surface area contributed by atoms with Crippen molar-refractivity contribution in [3.63, 3.8) is 0 Å². The molecule has 0 bridgehead atoms. The topological polar surface area (TPSA) is 91.6 Å². The normalized spacial score (nSPS) is 12.5. The Balaban J connectivity index is 1.78. The number of hydrogen-bond donors (Lipinski definition) is 2. The fourth-order valence-electron chi connectivity index (χ4n) is 3.17. The lowest BCUT2D eigenvalue weighted by Gasteiger charge is -2.22. The highest BCUT2D eigenvalue weighted by atomic mass is 32.2. The van der Waals surface area contributed by atoms with Gasteiger partial charge in [-0.05, 0) is 69.9 Å². The number of likely N-dealkylation sites (N-methyl/N-ethyl adjacent to an activating group) is 1. The molecule has 3 rings (SSSR count). The van der Waals surface area contributed by atoms with Crippen LogP contribution in [0, 0.1) is 13.8 Å². The zero-order chi connectivity index (χ0) is 22.6. The van der Waals surface area contributed by atoms with Gasteiger partial charge in [0.25, 0.3) is 15.9 Å². The van der Waals surface area contributed by atoms with Gasteiger partial charge in [0.1, 0.15) is 5.76 Å². The summed E-state index contributed by atoms with van der Waals surface area (Å²) in [7, 11) is -0.0553. The van der Waals surface area contributed by atoms with Crippen LogP contribution in [0.15, 0.2) is 70.2 Å². The smallest absolute Gasteiger partial charge is 0.262 e. The highest BCUT2D eigenvalue weighted by Gasteiger charge is 2.21. The molecule has 0 spiro atoms. The van der Waals surface area contributed by atoms with Gasteiger partial charge in [-0.25, -0.2) is 8.42 Å². The molecule has 1 aromatic heterocycles. The first-order chi connectivity index (χ1) is 14.7. The molecule has 1 atom stereocenters. The van der Waals surface area contributed by atoms with E-state index < -0.39 is 10.0 Å². The first-order valence-electron chi connectivity index (χ1n) is 9.85. The Hall–Kier alpha value is -3.10. The van der Waals surface area contributed by atoms with Gasteiger partial charge in [-0.1, -0.05) is 23.8 Å². The van der Waals surface area contributed by atoms with E-state index in [0.717, 1.165) is 11.3 Å². The van der Waals surface area contributed by atoms with Crippen LogP contribution in [-0.2, 0) is 10.0 Å². The second kappa shape index (κ2) is 9.36. The number of furan rings is 1. The van der Waals surface area contributed by atoms with Gasteiger partial charge in [0.05, 0.1) is 17.2 Å². The van der Waals surface area contributed by atoms with Gasteiger partial charge in [0.2, 0.25) is 0 Å². The highest BCUT2D eigenvalue weighted by molar-refractivity contribution is 7.92. The van der Waals surface area contributed by atoms with Crippen LogP contribution >= 0.6 is 0 Å². The van der Waals surface area contributed by atoms with Crippen molar-refractivity contribution in [3.05, 3.63) is 83.3 Å². The number of amides is 1. The number of carbonyl (C=O) groups is 1. The summed E-state index contributed by atoms with van der Waals surface area (Å²) in [5, 5.41) is 2.87. The Labute approximate surface area is 183 Å². The molecule has 0 unspecified atom stereocenters. The van der Waals surface area contributed by atoms with Gasteiger partial charge in [-0.3, -0.25) is 14.4 Å². The maximum Gasteiger partial charge on any atom is 0.262 e. The van der Waals surface area contributed by atoms with E-state index >= 15 is 0 Å². The molecule has 0 aliphatic carbocycles. The lowest BCUT2D eigenvalue weighted by atomic mass is 10.1. The highest BCUT2D eigenvalue weighted by Crippen LogP contribution is 2.22. The van der Waals surface area contributed by atoms with Crippen LogP contribution < -0.4 is 10.0 Å². The van der Waals surface area contributed by atoms with Gasteiger partial charge < -0.3 is 9.73 Å². The van der Waals surface area contributed by atoms with Crippen LogP contribution in [0.3, 0.4) is 0 Å². The standard InChI is InChI=1S/C23H27N3O4S/c1-16-7-11-19(12-8-16)25-31(28,29)22-14-18(10-9-17(22)2)23(27)24-15-20(26(3)4)21-6-5-13-30-21/h5-14,20,25H,15H2,1-4H3,(H,24,27)/t20-/m1/s1. The number of anilines is 1. The van der Waals surface area contributed by atoms with Crippen LogP contribution in [0.1, 0.15) is 33.3 Å². The number of hydrogen-bond acceptors (Lipinski definition) is 5. The Bertz CT molecular complexity index is 1140. The molecule has 0 fully saturated rings. The molecule has 0 saturated carbocycles. The zero-order valence-corrected chi connectivity index (χ0v) is 18.9. The van der Waals surface area contributed by atoms with Gasteiger partial charge in [-0.2, -0.15) is 0 Å². The molecule has 1 heterocycles. The van der Waals surface area contributed by atoms with E-state index in [0.29, 0.717) is 17.8 Å². The quantitative estimate of drug-likeness (QED) is 0.556. The van der Waals surface area contributed by atoms with Crippen molar-refractivity contribution in [2.24, 2.45) is 0 Å². The Morgan fingerprint density at radius 3 is 2.39 bits per heavy atom. The van der Waals surface area contributed by atoms with E-state index in [1.54, 1.807) is 43.5 Å². The summed E-state index contributed by atoms with van der Waals surface area (Å²) < 4.78 is 33.9. The summed E-state index contributed by atoms with van der Waals surface area (Å²) in [4.78, 5) is 14.8. The van der Waals surface area contributed by atoms with Crippen LogP contribution in [0.5, 0.6) is 0 Å². The molecule has 0 aliphatic rings. The van der Waals surface area contributed by atoms with Crippen molar-refractivity contribution in [2.75, 3.05) is 25.4 Å². The average molecular weight is 442 g/mol. The first-order valence-corrected chi connectivity index (χ1v) is 11.3. The third kappa shape index (κ3) is 5.53. The van der Waals surface area contributed by atoms with Gasteiger partial charge in [-0.15, -0.1) is 0 Å². The summed E-state index contributed by atoms with van der Waals surface area (Å²) in [5.74, 6) is 0.380. The molecule has 8 heteroatoms. The molecule has 0 radical (unpaired) electrons. The molecule has 2 N–H and O–H groups in total. The maximum absolute atomic E-state index is 12.9. The van der Waals surface area contributed by atoms with E-state index in [1.807, 2.05) is 44.1 Å². The lowest BCUT2D eigenvalue weighted by Crippen LogP contribution is -2.34. The molecule has 1 amide bonds. The van der Waals surface area contributed by atoms with Gasteiger partial charge in [0, 0.05) is 17.8 Å². The number of aryl methyl sites for hydroxylation is 2. The Morgan fingerprint density at radius 1 is 1.06 bits per heavy atom. The summed E-state index contributed by atoms with van der Waals surface area (Å²) in [6, 6.07) is 15.2. The molecular weight excluding hydrogens is 414 g/mol. The number of carbonyl (C=O) groups excluding carboxylic acids is 1. The van der Waals surface area contributed by atoms with Gasteiger partial charge in [0.15, 0.2) is 0 Å². The minimum Gasteiger partial charge on any atom is -0.468 e. The Morgan fingerprint density at radius 2 is 1.77 bits per heavy atom. The zero-order valence-electron chi connectivity index (χ0n) is 18.0. The summed E-state index contributed by atoms with van der Waals surface area (Å²) in [6.07, 6.45) is 1.59. The molecule has 31 heavy (non-hydrogen) atoms. The third-order valence-electron chi connectivity index (χ3n) is 4.99. The van der Waals surface area contributed by atoms with Crippen LogP contribution in [0.2, 0.25) is 0 Å². The van der Waals surface area contributed by atoms with Crippen molar-refractivity contribution < 1.29 is 17.6 Å². The number of nitrogens with zero attached hydrogens (tertiary/aromatic N) is 1. The SMILES string of the molecule is Cc1ccc(NS(=O)(=O)c2cc(C(=O)NC[C@H](c3ccco3)N(C)C)ccc2C)cc1. The van der Waals surface area contributed by atoms with E-state index in [4.69, 9.17) is 4.42 Å². The predicted octanol–water partition coefficient (Wildman–Crippen LogP) is 3.73. The molecule has 3 aromatic rings. The monoisotopic (exact) mass is 441 g/mol. The molecule has 164 valence electrons. The second-order valence-electron chi connectivity index (χ2n) is 7.66. The van der Waals surface area contributed by atoms with Crippen molar-refractivity contribution in [1.29, 1.82) is 0 Å². The summed E-state index contributed by atoms with van der Waals surface area (Å²) >= 11 is 0. The number of rotatable bonds is 8. The van der Waals surface area contributed by atoms with Crippen LogP contribution in [0.25, 0.3) is 0 Å². The second-order valence-corrected chi connectivity index (χ2v) is 9.31. The number of sulfonamides is 1. The summed E-state index contributed by atoms with van der Waals surface area (Å²) in [6.45, 7) is 3.94. The molecule has 7 nitrogen and oxygen atoms in total. The van der Waals surface area contributed by atoms with E-state index in [9.17, 15) is 13.2 Å².